The van der Waals surface area contributed by atoms with Crippen LogP contribution in [0.4, 0.5) is 16.5 Å². The van der Waals surface area contributed by atoms with Crippen LogP contribution in [0, 0.1) is 6.92 Å². The van der Waals surface area contributed by atoms with Gasteiger partial charge in [0.15, 0.2) is 5.76 Å². The van der Waals surface area contributed by atoms with Crippen molar-refractivity contribution in [1.82, 2.24) is 15.2 Å². The van der Waals surface area contributed by atoms with E-state index >= 15 is 0 Å². The fourth-order valence-electron chi connectivity index (χ4n) is 3.85. The highest BCUT2D eigenvalue weighted by Crippen LogP contribution is 2.29. The number of carbonyl (C=O) groups is 1. The monoisotopic (exact) mass is 450 g/mol. The molecule has 1 aliphatic heterocycles. The summed E-state index contributed by atoms with van der Waals surface area (Å²) in [5.41, 5.74) is 5.10. The van der Waals surface area contributed by atoms with E-state index in [1.54, 1.807) is 18.2 Å². The number of hydrogen-bond acceptors (Lipinski definition) is 6. The molecule has 0 radical (unpaired) electrons. The van der Waals surface area contributed by atoms with Gasteiger partial charge in [0.2, 0.25) is 0 Å². The molecule has 1 atom stereocenters. The van der Waals surface area contributed by atoms with Gasteiger partial charge < -0.3 is 29.4 Å². The average molecular weight is 451 g/mol. The number of methoxy groups -OCH3 is 1. The van der Waals surface area contributed by atoms with Gasteiger partial charge >= 0.3 is 6.03 Å². The summed E-state index contributed by atoms with van der Waals surface area (Å²) in [7, 11) is 1.64. The number of aryl methyl sites for hydroxylation is 1. The Bertz CT molecular complexity index is 1080. The number of anilines is 2. The minimum absolute atomic E-state index is 0.0133. The third kappa shape index (κ3) is 5.35. The van der Waals surface area contributed by atoms with Crippen molar-refractivity contribution in [2.24, 2.45) is 0 Å². The first-order valence-corrected chi connectivity index (χ1v) is 11.1. The first-order chi connectivity index (χ1) is 16.1. The Balaban J connectivity index is 1.45. The Kier molecular flexibility index (Phi) is 7.26. The van der Waals surface area contributed by atoms with Crippen LogP contribution in [0.15, 0.2) is 53.1 Å². The number of nitrogens with zero attached hydrogens (tertiary/aromatic N) is 2. The molecule has 4 rings (SSSR count). The Morgan fingerprint density at radius 1 is 1.24 bits per heavy atom. The molecule has 8 nitrogen and oxygen atoms in total. The molecule has 0 bridgehead atoms. The molecule has 0 aliphatic carbocycles. The van der Waals surface area contributed by atoms with Gasteiger partial charge in [0.05, 0.1) is 25.5 Å². The molecular formula is C25H30N4O4. The smallest absolute Gasteiger partial charge is 0.318 e. The van der Waals surface area contributed by atoms with Crippen molar-refractivity contribution in [3.8, 4) is 11.3 Å². The molecule has 2 amide bonds. The van der Waals surface area contributed by atoms with Gasteiger partial charge in [-0.1, -0.05) is 36.4 Å². The highest BCUT2D eigenvalue weighted by molar-refractivity contribution is 5.77. The first kappa shape index (κ1) is 22.8. The van der Waals surface area contributed by atoms with Crippen LogP contribution in [0.1, 0.15) is 29.7 Å². The molecular weight excluding hydrogens is 420 g/mol. The van der Waals surface area contributed by atoms with Crippen molar-refractivity contribution in [3.05, 3.63) is 65.4 Å². The van der Waals surface area contributed by atoms with Gasteiger partial charge in [-0.15, -0.1) is 0 Å². The Morgan fingerprint density at radius 2 is 2.06 bits per heavy atom. The maximum atomic E-state index is 12.1. The van der Waals surface area contributed by atoms with E-state index in [9.17, 15) is 4.79 Å². The van der Waals surface area contributed by atoms with Crippen molar-refractivity contribution in [2.75, 3.05) is 38.7 Å². The van der Waals surface area contributed by atoms with Crippen molar-refractivity contribution in [3.63, 3.8) is 0 Å². The Hall–Kier alpha value is -3.36. The van der Waals surface area contributed by atoms with Crippen molar-refractivity contribution in [1.29, 1.82) is 0 Å². The number of ether oxygens (including phenoxy) is 2. The summed E-state index contributed by atoms with van der Waals surface area (Å²) in [5, 5.41) is 6.17. The zero-order valence-corrected chi connectivity index (χ0v) is 19.3. The lowest BCUT2D eigenvalue weighted by molar-refractivity contribution is 0.134. The highest BCUT2D eigenvalue weighted by atomic mass is 16.5. The number of benzene rings is 2. The lowest BCUT2D eigenvalue weighted by Crippen LogP contribution is -2.32. The molecule has 0 spiro atoms. The molecule has 1 aromatic heterocycles. The summed E-state index contributed by atoms with van der Waals surface area (Å²) in [6.07, 6.45) is 1.71. The van der Waals surface area contributed by atoms with Gasteiger partial charge in [-0.25, -0.2) is 9.78 Å². The summed E-state index contributed by atoms with van der Waals surface area (Å²) in [6.45, 7) is 6.90. The lowest BCUT2D eigenvalue weighted by atomic mass is 10.0. The SMILES string of the molecule is CCOCc1ccc(C)c(Nc2ncc(-c3ccc(C4CNC(=O)N4CCOC)cc3)o2)c1. The van der Waals surface area contributed by atoms with E-state index in [1.165, 1.54) is 0 Å². The largest absolute Gasteiger partial charge is 0.423 e. The van der Waals surface area contributed by atoms with E-state index in [0.29, 0.717) is 44.7 Å². The van der Waals surface area contributed by atoms with Crippen LogP contribution >= 0.6 is 0 Å². The first-order valence-electron chi connectivity index (χ1n) is 11.1. The van der Waals surface area contributed by atoms with Crippen LogP contribution in [-0.2, 0) is 16.1 Å². The fraction of sp³-hybridized carbons (Fsp3) is 0.360. The van der Waals surface area contributed by atoms with Crippen molar-refractivity contribution >= 4 is 17.7 Å². The van der Waals surface area contributed by atoms with Crippen LogP contribution in [0.2, 0.25) is 0 Å². The minimum Gasteiger partial charge on any atom is -0.423 e. The molecule has 174 valence electrons. The van der Waals surface area contributed by atoms with Gasteiger partial charge in [-0.3, -0.25) is 0 Å². The predicted octanol–water partition coefficient (Wildman–Crippen LogP) is 4.64. The maximum absolute atomic E-state index is 12.1. The Labute approximate surface area is 193 Å². The lowest BCUT2D eigenvalue weighted by Gasteiger charge is -2.23. The second-order valence-corrected chi connectivity index (χ2v) is 7.95. The normalized spacial score (nSPS) is 15.7. The fourth-order valence-corrected chi connectivity index (χ4v) is 3.85. The highest BCUT2D eigenvalue weighted by Gasteiger charge is 2.31. The summed E-state index contributed by atoms with van der Waals surface area (Å²) in [6, 6.07) is 14.6. The van der Waals surface area contributed by atoms with Crippen LogP contribution < -0.4 is 10.6 Å². The van der Waals surface area contributed by atoms with E-state index in [2.05, 4.69) is 33.8 Å². The van der Waals surface area contributed by atoms with Gasteiger partial charge in [0.1, 0.15) is 0 Å². The molecule has 2 aromatic carbocycles. The molecule has 1 unspecified atom stereocenters. The number of amides is 2. The number of oxazole rings is 1. The molecule has 1 aliphatic rings. The zero-order chi connectivity index (χ0) is 23.2. The van der Waals surface area contributed by atoms with E-state index in [4.69, 9.17) is 13.9 Å². The molecule has 3 aromatic rings. The van der Waals surface area contributed by atoms with Gasteiger partial charge in [-0.05, 0) is 36.6 Å². The third-order valence-electron chi connectivity index (χ3n) is 5.72. The molecule has 33 heavy (non-hydrogen) atoms. The molecule has 2 heterocycles. The van der Waals surface area contributed by atoms with Gasteiger partial charge in [-0.2, -0.15) is 0 Å². The van der Waals surface area contributed by atoms with Crippen LogP contribution in [0.5, 0.6) is 0 Å². The second kappa shape index (κ2) is 10.5. The summed E-state index contributed by atoms with van der Waals surface area (Å²) < 4.78 is 16.6. The molecule has 8 heteroatoms. The van der Waals surface area contributed by atoms with Crippen molar-refractivity contribution in [2.45, 2.75) is 26.5 Å². The maximum Gasteiger partial charge on any atom is 0.318 e. The number of rotatable bonds is 10. The van der Waals surface area contributed by atoms with E-state index in [-0.39, 0.29) is 12.1 Å². The third-order valence-corrected chi connectivity index (χ3v) is 5.72. The Morgan fingerprint density at radius 3 is 2.82 bits per heavy atom. The second-order valence-electron chi connectivity index (χ2n) is 7.95. The van der Waals surface area contributed by atoms with E-state index in [1.807, 2.05) is 38.1 Å². The number of nitrogens with one attached hydrogen (secondary N) is 2. The number of urea groups is 1. The van der Waals surface area contributed by atoms with Gasteiger partial charge in [0, 0.05) is 38.1 Å². The predicted molar refractivity (Wildman–Crippen MR) is 126 cm³/mol. The zero-order valence-electron chi connectivity index (χ0n) is 19.3. The van der Waals surface area contributed by atoms with Gasteiger partial charge in [0.25, 0.3) is 6.01 Å². The molecule has 0 saturated carbocycles. The van der Waals surface area contributed by atoms with Crippen molar-refractivity contribution < 1.29 is 18.7 Å². The number of hydrogen-bond donors (Lipinski definition) is 2. The molecule has 2 N–H and O–H groups in total. The minimum atomic E-state index is -0.0623. The molecule has 1 saturated heterocycles. The number of carbonyl (C=O) groups excluding carboxylic acids is 1. The summed E-state index contributed by atoms with van der Waals surface area (Å²) in [5.74, 6) is 0.670. The summed E-state index contributed by atoms with van der Waals surface area (Å²) in [4.78, 5) is 18.3. The topological polar surface area (TPSA) is 88.9 Å². The quantitative estimate of drug-likeness (QED) is 0.468. The average Bonchev–Trinajstić information content (AvgIpc) is 3.45. The van der Waals surface area contributed by atoms with E-state index in [0.717, 1.165) is 27.9 Å². The van der Waals surface area contributed by atoms with Crippen LogP contribution in [-0.4, -0.2) is 49.3 Å². The summed E-state index contributed by atoms with van der Waals surface area (Å²) >= 11 is 0. The van der Waals surface area contributed by atoms with Crippen LogP contribution in [0.3, 0.4) is 0 Å². The standard InChI is InChI=1S/C25H30N4O4/c1-4-32-16-18-6-5-17(2)21(13-18)28-24-26-15-23(33-24)20-9-7-19(8-10-20)22-14-27-25(30)29(22)11-12-31-3/h5-10,13,15,22H,4,11-12,14,16H2,1-3H3,(H,26,28)(H,27,30). The number of aromatic nitrogens is 1. The van der Waals surface area contributed by atoms with Crippen LogP contribution in [0.25, 0.3) is 11.3 Å². The van der Waals surface area contributed by atoms with E-state index < -0.39 is 0 Å². The molecule has 1 fully saturated rings.